The third-order valence-corrected chi connectivity index (χ3v) is 4.15. The minimum absolute atomic E-state index is 0.228. The van der Waals surface area contributed by atoms with Crippen LogP contribution in [0, 0.1) is 13.8 Å². The maximum Gasteiger partial charge on any atom is 0.273 e. The zero-order valence-electron chi connectivity index (χ0n) is 15.0. The summed E-state index contributed by atoms with van der Waals surface area (Å²) >= 11 is 0. The van der Waals surface area contributed by atoms with Gasteiger partial charge in [0.05, 0.1) is 18.8 Å². The molecule has 0 saturated heterocycles. The standard InChI is InChI=1S/C18H21N5O3/c1-12-15(13(2)23(21-12)7-8-25-3)11-20-18(24)16-9-17(26-22-16)14-5-4-6-19-10-14/h4-6,9-10H,7-8,11H2,1-3H3,(H,20,24). The van der Waals surface area contributed by atoms with E-state index < -0.39 is 0 Å². The van der Waals surface area contributed by atoms with Crippen molar-refractivity contribution in [3.63, 3.8) is 0 Å². The molecule has 0 saturated carbocycles. The number of hydrogen-bond donors (Lipinski definition) is 1. The summed E-state index contributed by atoms with van der Waals surface area (Å²) in [7, 11) is 1.66. The molecule has 0 radical (unpaired) electrons. The Morgan fingerprint density at radius 1 is 1.38 bits per heavy atom. The predicted octanol–water partition coefficient (Wildman–Crippen LogP) is 2.13. The second kappa shape index (κ2) is 7.92. The van der Waals surface area contributed by atoms with E-state index >= 15 is 0 Å². The molecule has 8 nitrogen and oxygen atoms in total. The number of nitrogens with one attached hydrogen (secondary N) is 1. The molecule has 0 aliphatic heterocycles. The molecule has 136 valence electrons. The molecule has 0 bridgehead atoms. The minimum Gasteiger partial charge on any atom is -0.383 e. The highest BCUT2D eigenvalue weighted by atomic mass is 16.5. The number of rotatable bonds is 7. The Bertz CT molecular complexity index is 886. The molecule has 0 unspecified atom stereocenters. The molecule has 3 aromatic heterocycles. The van der Waals surface area contributed by atoms with Gasteiger partial charge in [0.2, 0.25) is 0 Å². The number of aromatic nitrogens is 4. The van der Waals surface area contributed by atoms with E-state index in [1.165, 1.54) is 0 Å². The van der Waals surface area contributed by atoms with Crippen LogP contribution in [0.3, 0.4) is 0 Å². The van der Waals surface area contributed by atoms with Crippen LogP contribution in [0.5, 0.6) is 0 Å². The van der Waals surface area contributed by atoms with Gasteiger partial charge in [-0.1, -0.05) is 5.16 Å². The smallest absolute Gasteiger partial charge is 0.273 e. The summed E-state index contributed by atoms with van der Waals surface area (Å²) in [5.74, 6) is 0.204. The van der Waals surface area contributed by atoms with E-state index in [0.29, 0.717) is 25.5 Å². The van der Waals surface area contributed by atoms with Gasteiger partial charge in [0, 0.05) is 48.9 Å². The number of carbonyl (C=O) groups is 1. The van der Waals surface area contributed by atoms with E-state index in [9.17, 15) is 4.79 Å². The van der Waals surface area contributed by atoms with E-state index in [1.807, 2.05) is 24.6 Å². The van der Waals surface area contributed by atoms with Crippen LogP contribution in [0.25, 0.3) is 11.3 Å². The lowest BCUT2D eigenvalue weighted by molar-refractivity contribution is 0.0942. The third kappa shape index (κ3) is 3.80. The normalized spacial score (nSPS) is 10.9. The lowest BCUT2D eigenvalue weighted by atomic mass is 10.2. The summed E-state index contributed by atoms with van der Waals surface area (Å²) in [6.07, 6.45) is 3.33. The summed E-state index contributed by atoms with van der Waals surface area (Å²) in [5.41, 5.74) is 3.88. The fourth-order valence-corrected chi connectivity index (χ4v) is 2.67. The average molecular weight is 355 g/mol. The molecule has 0 aliphatic rings. The van der Waals surface area contributed by atoms with E-state index in [2.05, 4.69) is 20.6 Å². The molecule has 0 fully saturated rings. The molecule has 0 aromatic carbocycles. The Balaban J connectivity index is 1.66. The molecular formula is C18H21N5O3. The SMILES string of the molecule is COCCn1nc(C)c(CNC(=O)c2cc(-c3cccnc3)on2)c1C. The second-order valence-electron chi connectivity index (χ2n) is 5.87. The van der Waals surface area contributed by atoms with Crippen molar-refractivity contribution in [3.8, 4) is 11.3 Å². The lowest BCUT2D eigenvalue weighted by Crippen LogP contribution is -2.23. The van der Waals surface area contributed by atoms with Gasteiger partial charge in [-0.25, -0.2) is 0 Å². The molecule has 1 N–H and O–H groups in total. The van der Waals surface area contributed by atoms with Gasteiger partial charge in [-0.05, 0) is 26.0 Å². The maximum absolute atomic E-state index is 12.4. The highest BCUT2D eigenvalue weighted by Gasteiger charge is 2.16. The van der Waals surface area contributed by atoms with Crippen LogP contribution in [0.4, 0.5) is 0 Å². The van der Waals surface area contributed by atoms with Gasteiger partial charge >= 0.3 is 0 Å². The molecule has 3 heterocycles. The number of hydrogen-bond acceptors (Lipinski definition) is 6. The van der Waals surface area contributed by atoms with Gasteiger partial charge in [-0.15, -0.1) is 0 Å². The Hall–Kier alpha value is -3.00. The average Bonchev–Trinajstić information content (AvgIpc) is 3.25. The topological polar surface area (TPSA) is 95.1 Å². The van der Waals surface area contributed by atoms with Crippen molar-refractivity contribution in [2.45, 2.75) is 26.9 Å². The maximum atomic E-state index is 12.4. The zero-order valence-corrected chi connectivity index (χ0v) is 15.0. The Morgan fingerprint density at radius 3 is 2.96 bits per heavy atom. The monoisotopic (exact) mass is 355 g/mol. The Morgan fingerprint density at radius 2 is 2.23 bits per heavy atom. The van der Waals surface area contributed by atoms with Crippen molar-refractivity contribution in [3.05, 3.63) is 53.2 Å². The largest absolute Gasteiger partial charge is 0.383 e. The van der Waals surface area contributed by atoms with Crippen LogP contribution >= 0.6 is 0 Å². The van der Waals surface area contributed by atoms with Gasteiger partial charge in [-0.3, -0.25) is 14.5 Å². The van der Waals surface area contributed by atoms with Crippen molar-refractivity contribution in [1.29, 1.82) is 0 Å². The summed E-state index contributed by atoms with van der Waals surface area (Å²) in [6.45, 7) is 5.54. The molecule has 0 atom stereocenters. The molecule has 0 spiro atoms. The third-order valence-electron chi connectivity index (χ3n) is 4.15. The zero-order chi connectivity index (χ0) is 18.5. The van der Waals surface area contributed by atoms with Crippen LogP contribution < -0.4 is 5.32 Å². The first-order chi connectivity index (χ1) is 12.6. The van der Waals surface area contributed by atoms with E-state index in [1.54, 1.807) is 31.6 Å². The number of methoxy groups -OCH3 is 1. The first-order valence-electron chi connectivity index (χ1n) is 8.27. The molecule has 3 rings (SSSR count). The minimum atomic E-state index is -0.299. The van der Waals surface area contributed by atoms with Gasteiger partial charge < -0.3 is 14.6 Å². The number of aryl methyl sites for hydroxylation is 1. The molecule has 3 aromatic rings. The van der Waals surface area contributed by atoms with E-state index in [0.717, 1.165) is 22.5 Å². The van der Waals surface area contributed by atoms with Gasteiger partial charge in [0.1, 0.15) is 0 Å². The first-order valence-corrected chi connectivity index (χ1v) is 8.27. The summed E-state index contributed by atoms with van der Waals surface area (Å²) in [6, 6.07) is 5.24. The van der Waals surface area contributed by atoms with Crippen LogP contribution in [-0.4, -0.2) is 39.5 Å². The van der Waals surface area contributed by atoms with Crippen molar-refractivity contribution in [2.75, 3.05) is 13.7 Å². The Labute approximate surface area is 151 Å². The first kappa shape index (κ1) is 17.8. The number of carbonyl (C=O) groups excluding carboxylic acids is 1. The highest BCUT2D eigenvalue weighted by molar-refractivity contribution is 5.93. The number of nitrogens with zero attached hydrogens (tertiary/aromatic N) is 4. The van der Waals surface area contributed by atoms with Crippen molar-refractivity contribution in [1.82, 2.24) is 25.2 Å². The van der Waals surface area contributed by atoms with Crippen LogP contribution in [0.1, 0.15) is 27.4 Å². The van der Waals surface area contributed by atoms with E-state index in [4.69, 9.17) is 9.26 Å². The van der Waals surface area contributed by atoms with Crippen molar-refractivity contribution in [2.24, 2.45) is 0 Å². The number of pyridine rings is 1. The Kier molecular flexibility index (Phi) is 5.43. The highest BCUT2D eigenvalue weighted by Crippen LogP contribution is 2.19. The predicted molar refractivity (Wildman–Crippen MR) is 94.5 cm³/mol. The van der Waals surface area contributed by atoms with E-state index in [-0.39, 0.29) is 11.6 Å². The van der Waals surface area contributed by atoms with Crippen molar-refractivity contribution >= 4 is 5.91 Å². The summed E-state index contributed by atoms with van der Waals surface area (Å²) in [5, 5.41) is 11.2. The van der Waals surface area contributed by atoms with Crippen molar-refractivity contribution < 1.29 is 14.1 Å². The lowest BCUT2D eigenvalue weighted by Gasteiger charge is -2.05. The fraction of sp³-hybridized carbons (Fsp3) is 0.333. The number of ether oxygens (including phenoxy) is 1. The molecule has 26 heavy (non-hydrogen) atoms. The fourth-order valence-electron chi connectivity index (χ4n) is 2.67. The number of amides is 1. The molecule has 1 amide bonds. The molecular weight excluding hydrogens is 334 g/mol. The quantitative estimate of drug-likeness (QED) is 0.697. The molecule has 8 heteroatoms. The van der Waals surface area contributed by atoms with Gasteiger partial charge in [0.15, 0.2) is 11.5 Å². The van der Waals surface area contributed by atoms with Gasteiger partial charge in [0.25, 0.3) is 5.91 Å². The van der Waals surface area contributed by atoms with Gasteiger partial charge in [-0.2, -0.15) is 5.10 Å². The summed E-state index contributed by atoms with van der Waals surface area (Å²) in [4.78, 5) is 16.4. The van der Waals surface area contributed by atoms with Crippen LogP contribution in [0.15, 0.2) is 35.1 Å². The second-order valence-corrected chi connectivity index (χ2v) is 5.87. The molecule has 0 aliphatic carbocycles. The van der Waals surface area contributed by atoms with Crippen LogP contribution in [0.2, 0.25) is 0 Å². The summed E-state index contributed by atoms with van der Waals surface area (Å²) < 4.78 is 12.2. The van der Waals surface area contributed by atoms with Crippen LogP contribution in [-0.2, 0) is 17.8 Å².